The van der Waals surface area contributed by atoms with Crippen molar-refractivity contribution in [2.75, 3.05) is 32.9 Å². The Labute approximate surface area is 184 Å². The van der Waals surface area contributed by atoms with Crippen molar-refractivity contribution in [1.82, 2.24) is 4.90 Å². The summed E-state index contributed by atoms with van der Waals surface area (Å²) in [7, 11) is 0. The lowest BCUT2D eigenvalue weighted by Crippen LogP contribution is -2.51. The lowest BCUT2D eigenvalue weighted by molar-refractivity contribution is -0.200. The predicted octanol–water partition coefficient (Wildman–Crippen LogP) is 2.75. The molecule has 0 bridgehead atoms. The van der Waals surface area contributed by atoms with Crippen molar-refractivity contribution in [1.29, 1.82) is 0 Å². The molecule has 0 spiro atoms. The molecule has 3 fully saturated rings. The van der Waals surface area contributed by atoms with E-state index in [2.05, 4.69) is 11.0 Å². The molecule has 3 rings (SSSR count). The van der Waals surface area contributed by atoms with Gasteiger partial charge in [-0.05, 0) is 38.5 Å². The summed E-state index contributed by atoms with van der Waals surface area (Å²) in [4.78, 5) is 24.9. The molecule has 31 heavy (non-hydrogen) atoms. The van der Waals surface area contributed by atoms with Gasteiger partial charge in [-0.1, -0.05) is 12.2 Å². The van der Waals surface area contributed by atoms with Crippen LogP contribution in [0.4, 0.5) is 0 Å². The molecule has 0 aromatic heterocycles. The first-order valence-corrected chi connectivity index (χ1v) is 11.7. The largest absolute Gasteiger partial charge is 0.481 e. The minimum absolute atomic E-state index is 0.0593. The number of esters is 1. The third-order valence-corrected chi connectivity index (χ3v) is 6.35. The molecule has 8 heteroatoms. The first-order chi connectivity index (χ1) is 15.0. The summed E-state index contributed by atoms with van der Waals surface area (Å²) in [5.41, 5.74) is 0. The fraction of sp³-hybridized carbons (Fsp3) is 0.826. The van der Waals surface area contributed by atoms with Gasteiger partial charge >= 0.3 is 11.9 Å². The monoisotopic (exact) mass is 439 g/mol. The van der Waals surface area contributed by atoms with E-state index in [0.29, 0.717) is 26.1 Å². The second-order valence-electron chi connectivity index (χ2n) is 8.65. The number of carbonyl (C=O) groups is 2. The van der Waals surface area contributed by atoms with E-state index in [9.17, 15) is 9.59 Å². The van der Waals surface area contributed by atoms with Crippen molar-refractivity contribution in [3.05, 3.63) is 12.2 Å². The fourth-order valence-corrected chi connectivity index (χ4v) is 4.95. The van der Waals surface area contributed by atoms with Crippen LogP contribution in [0.3, 0.4) is 0 Å². The fourth-order valence-electron chi connectivity index (χ4n) is 4.95. The normalized spacial score (nSPS) is 32.4. The van der Waals surface area contributed by atoms with Crippen LogP contribution in [0.5, 0.6) is 0 Å². The van der Waals surface area contributed by atoms with Crippen LogP contribution in [0.15, 0.2) is 12.2 Å². The standard InChI is InChI=1S/C23H37NO7/c1-17(25)30-19-16-20(31-22-10-6-7-13-29-22)23(24-11-14-28-15-12-24)18(19)8-4-2-3-5-9-21(26)27/h2,4,18-20,22-23H,3,5-16H2,1H3,(H,26,27)/b4-2-/t18-,19-,20+,22?,23+/m1/s1. The number of aliphatic carboxylic acids is 1. The molecular formula is C23H37NO7. The number of unbranched alkanes of at least 4 members (excludes halogenated alkanes) is 1. The van der Waals surface area contributed by atoms with E-state index < -0.39 is 5.97 Å². The molecule has 1 N–H and O–H groups in total. The molecular weight excluding hydrogens is 402 g/mol. The van der Waals surface area contributed by atoms with Crippen LogP contribution in [0.2, 0.25) is 0 Å². The van der Waals surface area contributed by atoms with E-state index in [4.69, 9.17) is 24.1 Å². The number of hydrogen-bond donors (Lipinski definition) is 1. The zero-order chi connectivity index (χ0) is 22.1. The maximum Gasteiger partial charge on any atom is 0.303 e. The van der Waals surface area contributed by atoms with Gasteiger partial charge in [-0.3, -0.25) is 14.5 Å². The van der Waals surface area contributed by atoms with E-state index in [-0.39, 0.29) is 42.8 Å². The summed E-state index contributed by atoms with van der Waals surface area (Å²) in [5, 5.41) is 8.79. The summed E-state index contributed by atoms with van der Waals surface area (Å²) in [6.07, 6.45) is 9.74. The van der Waals surface area contributed by atoms with Gasteiger partial charge in [-0.2, -0.15) is 0 Å². The van der Waals surface area contributed by atoms with Crippen molar-refractivity contribution in [3.63, 3.8) is 0 Å². The number of rotatable bonds is 10. The third kappa shape index (κ3) is 7.56. The maximum atomic E-state index is 11.8. The third-order valence-electron chi connectivity index (χ3n) is 6.35. The van der Waals surface area contributed by atoms with Crippen LogP contribution in [-0.4, -0.2) is 79.4 Å². The van der Waals surface area contributed by atoms with Gasteiger partial charge in [0.25, 0.3) is 0 Å². The van der Waals surface area contributed by atoms with Gasteiger partial charge in [0, 0.05) is 51.4 Å². The average Bonchev–Trinajstić information content (AvgIpc) is 3.07. The average molecular weight is 440 g/mol. The maximum absolute atomic E-state index is 11.8. The van der Waals surface area contributed by atoms with E-state index in [1.165, 1.54) is 6.92 Å². The van der Waals surface area contributed by atoms with Gasteiger partial charge in [-0.15, -0.1) is 0 Å². The number of allylic oxidation sites excluding steroid dienone is 2. The molecule has 0 aromatic rings. The topological polar surface area (TPSA) is 94.5 Å². The number of morpholine rings is 1. The summed E-state index contributed by atoms with van der Waals surface area (Å²) < 4.78 is 23.6. The Morgan fingerprint density at radius 1 is 1.13 bits per heavy atom. The molecule has 176 valence electrons. The summed E-state index contributed by atoms with van der Waals surface area (Å²) in [5.74, 6) is -0.918. The van der Waals surface area contributed by atoms with E-state index in [0.717, 1.165) is 51.8 Å². The molecule has 5 atom stereocenters. The SMILES string of the molecule is CC(=O)O[C@@H]1C[C@H](OC2CCCCO2)[C@@H](N2CCOCC2)[C@@H]1C/C=C\CCCC(=O)O. The van der Waals surface area contributed by atoms with Crippen LogP contribution < -0.4 is 0 Å². The van der Waals surface area contributed by atoms with Gasteiger partial charge in [0.2, 0.25) is 0 Å². The minimum Gasteiger partial charge on any atom is -0.481 e. The van der Waals surface area contributed by atoms with Crippen molar-refractivity contribution in [3.8, 4) is 0 Å². The van der Waals surface area contributed by atoms with E-state index >= 15 is 0 Å². The predicted molar refractivity (Wildman–Crippen MR) is 114 cm³/mol. The van der Waals surface area contributed by atoms with Crippen molar-refractivity contribution >= 4 is 11.9 Å². The number of ether oxygens (including phenoxy) is 4. The molecule has 0 radical (unpaired) electrons. The van der Waals surface area contributed by atoms with Gasteiger partial charge in [-0.25, -0.2) is 0 Å². The van der Waals surface area contributed by atoms with Gasteiger partial charge in [0.15, 0.2) is 6.29 Å². The highest BCUT2D eigenvalue weighted by atomic mass is 16.7. The Hall–Kier alpha value is -1.48. The van der Waals surface area contributed by atoms with Gasteiger partial charge in [0.1, 0.15) is 6.10 Å². The number of nitrogens with zero attached hydrogens (tertiary/aromatic N) is 1. The highest BCUT2D eigenvalue weighted by molar-refractivity contribution is 5.66. The molecule has 2 saturated heterocycles. The number of carbonyl (C=O) groups excluding carboxylic acids is 1. The van der Waals surface area contributed by atoms with Crippen LogP contribution in [0, 0.1) is 5.92 Å². The van der Waals surface area contributed by atoms with Crippen LogP contribution in [0.1, 0.15) is 58.3 Å². The Morgan fingerprint density at radius 2 is 1.94 bits per heavy atom. The van der Waals surface area contributed by atoms with Crippen molar-refractivity contribution in [2.24, 2.45) is 5.92 Å². The molecule has 0 aromatic carbocycles. The minimum atomic E-state index is -0.767. The lowest BCUT2D eigenvalue weighted by atomic mass is 9.94. The molecule has 2 aliphatic heterocycles. The zero-order valence-corrected chi connectivity index (χ0v) is 18.6. The highest BCUT2D eigenvalue weighted by Crippen LogP contribution is 2.39. The van der Waals surface area contributed by atoms with Crippen molar-refractivity contribution < 1.29 is 33.6 Å². The summed E-state index contributed by atoms with van der Waals surface area (Å²) in [6, 6.07) is 0.127. The molecule has 1 aliphatic carbocycles. The first-order valence-electron chi connectivity index (χ1n) is 11.7. The quantitative estimate of drug-likeness (QED) is 0.315. The Balaban J connectivity index is 1.69. The molecule has 0 amide bonds. The summed E-state index contributed by atoms with van der Waals surface area (Å²) in [6.45, 7) is 5.25. The number of carboxylic acid groups (broad SMARTS) is 1. The number of carboxylic acids is 1. The highest BCUT2D eigenvalue weighted by Gasteiger charge is 2.48. The Morgan fingerprint density at radius 3 is 2.61 bits per heavy atom. The Kier molecular flexibility index (Phi) is 9.77. The molecule has 3 aliphatic rings. The summed E-state index contributed by atoms with van der Waals surface area (Å²) >= 11 is 0. The molecule has 1 unspecified atom stereocenters. The number of hydrogen-bond acceptors (Lipinski definition) is 7. The van der Waals surface area contributed by atoms with Crippen LogP contribution >= 0.6 is 0 Å². The smallest absolute Gasteiger partial charge is 0.303 e. The van der Waals surface area contributed by atoms with E-state index in [1.807, 2.05) is 6.08 Å². The second-order valence-corrected chi connectivity index (χ2v) is 8.65. The molecule has 2 heterocycles. The van der Waals surface area contributed by atoms with E-state index in [1.54, 1.807) is 0 Å². The van der Waals surface area contributed by atoms with Gasteiger partial charge < -0.3 is 24.1 Å². The van der Waals surface area contributed by atoms with Crippen molar-refractivity contribution in [2.45, 2.75) is 82.8 Å². The van der Waals surface area contributed by atoms with Gasteiger partial charge in [0.05, 0.1) is 19.3 Å². The molecule has 1 saturated carbocycles. The second kappa shape index (κ2) is 12.5. The first kappa shape index (κ1) is 24.2. The molecule has 8 nitrogen and oxygen atoms in total. The van der Waals surface area contributed by atoms with Crippen LogP contribution in [0.25, 0.3) is 0 Å². The lowest BCUT2D eigenvalue weighted by Gasteiger charge is -2.39. The zero-order valence-electron chi connectivity index (χ0n) is 18.6. The van der Waals surface area contributed by atoms with Crippen LogP contribution in [-0.2, 0) is 28.5 Å². The Bertz CT molecular complexity index is 599.